The van der Waals surface area contributed by atoms with E-state index in [1.807, 2.05) is 19.1 Å². The molecule has 6 heteroatoms. The first-order valence-electron chi connectivity index (χ1n) is 6.96. The molecule has 1 N–H and O–H groups in total. The number of ether oxygens (including phenoxy) is 2. The van der Waals surface area contributed by atoms with Gasteiger partial charge in [-0.15, -0.1) is 0 Å². The normalized spacial score (nSPS) is 10.5. The largest absolute Gasteiger partial charge is 0.493 e. The quantitative estimate of drug-likeness (QED) is 0.885. The zero-order valence-corrected chi connectivity index (χ0v) is 12.8. The molecule has 0 aliphatic carbocycles. The maximum absolute atomic E-state index is 12.3. The van der Waals surface area contributed by atoms with Crippen LogP contribution in [0.3, 0.4) is 0 Å². The monoisotopic (exact) mass is 321 g/mol. The number of methoxy groups -OCH3 is 1. The van der Waals surface area contributed by atoms with Gasteiger partial charge < -0.3 is 14.8 Å². The Labute approximate surface area is 133 Å². The van der Waals surface area contributed by atoms with Gasteiger partial charge in [-0.3, -0.25) is 4.79 Å². The fraction of sp³-hybridized carbons (Fsp3) is 0.235. The van der Waals surface area contributed by atoms with Crippen molar-refractivity contribution in [2.24, 2.45) is 0 Å². The first kappa shape index (κ1) is 16.7. The van der Waals surface area contributed by atoms with Gasteiger partial charge in [0.1, 0.15) is 0 Å². The number of aryl methyl sites for hydroxylation is 1. The number of carbonyl (C=O) groups is 1. The number of nitrogens with one attached hydrogen (secondary N) is 1. The predicted molar refractivity (Wildman–Crippen MR) is 82.0 cm³/mol. The summed E-state index contributed by atoms with van der Waals surface area (Å²) in [6.45, 7) is -0.731. The predicted octanol–water partition coefficient (Wildman–Crippen LogP) is 3.54. The van der Waals surface area contributed by atoms with E-state index in [9.17, 15) is 13.6 Å². The highest BCUT2D eigenvalue weighted by Gasteiger charge is 2.11. The lowest BCUT2D eigenvalue weighted by Gasteiger charge is -2.12. The van der Waals surface area contributed by atoms with Crippen LogP contribution in [-0.2, 0) is 6.54 Å². The van der Waals surface area contributed by atoms with E-state index in [-0.39, 0.29) is 24.0 Å². The first-order valence-corrected chi connectivity index (χ1v) is 6.96. The van der Waals surface area contributed by atoms with Crippen LogP contribution in [0.2, 0.25) is 0 Å². The summed E-state index contributed by atoms with van der Waals surface area (Å²) in [5.74, 6) is -0.0691. The van der Waals surface area contributed by atoms with Crippen LogP contribution in [0, 0.1) is 6.92 Å². The summed E-state index contributed by atoms with van der Waals surface area (Å²) >= 11 is 0. The molecule has 0 atom stereocenters. The van der Waals surface area contributed by atoms with Gasteiger partial charge in [-0.25, -0.2) is 0 Å². The highest BCUT2D eigenvalue weighted by Crippen LogP contribution is 2.29. The van der Waals surface area contributed by atoms with Gasteiger partial charge in [0.15, 0.2) is 11.5 Å². The van der Waals surface area contributed by atoms with Crippen LogP contribution in [0.4, 0.5) is 8.78 Å². The minimum Gasteiger partial charge on any atom is -0.493 e. The van der Waals surface area contributed by atoms with Gasteiger partial charge in [-0.05, 0) is 36.8 Å². The van der Waals surface area contributed by atoms with Crippen molar-refractivity contribution in [2.75, 3.05) is 7.11 Å². The molecule has 0 spiro atoms. The van der Waals surface area contributed by atoms with Crippen LogP contribution in [0.25, 0.3) is 0 Å². The second-order valence-electron chi connectivity index (χ2n) is 4.91. The SMILES string of the molecule is COc1cc(CNC(=O)c2ccc(C)cc2)ccc1OC(F)F. The number of carbonyl (C=O) groups excluding carboxylic acids is 1. The zero-order valence-electron chi connectivity index (χ0n) is 12.8. The Balaban J connectivity index is 2.02. The van der Waals surface area contributed by atoms with Crippen molar-refractivity contribution in [2.45, 2.75) is 20.1 Å². The van der Waals surface area contributed by atoms with Gasteiger partial charge in [-0.2, -0.15) is 8.78 Å². The maximum Gasteiger partial charge on any atom is 0.387 e. The molecule has 0 saturated heterocycles. The van der Waals surface area contributed by atoms with Crippen LogP contribution in [0.1, 0.15) is 21.5 Å². The van der Waals surface area contributed by atoms with Crippen molar-refractivity contribution < 1.29 is 23.0 Å². The van der Waals surface area contributed by atoms with Gasteiger partial charge >= 0.3 is 6.61 Å². The highest BCUT2D eigenvalue weighted by molar-refractivity contribution is 5.94. The fourth-order valence-electron chi connectivity index (χ4n) is 2.00. The topological polar surface area (TPSA) is 47.6 Å². The third kappa shape index (κ3) is 4.67. The second kappa shape index (κ2) is 7.58. The molecule has 0 radical (unpaired) electrons. The summed E-state index contributed by atoms with van der Waals surface area (Å²) in [7, 11) is 1.36. The van der Waals surface area contributed by atoms with Crippen LogP contribution in [0.15, 0.2) is 42.5 Å². The maximum atomic E-state index is 12.3. The lowest BCUT2D eigenvalue weighted by molar-refractivity contribution is -0.0512. The molecule has 0 saturated carbocycles. The summed E-state index contributed by atoms with van der Waals surface area (Å²) in [6, 6.07) is 11.7. The number of halogens is 2. The van der Waals surface area contributed by atoms with Crippen molar-refractivity contribution in [3.63, 3.8) is 0 Å². The number of hydrogen-bond donors (Lipinski definition) is 1. The van der Waals surface area contributed by atoms with E-state index >= 15 is 0 Å². The zero-order chi connectivity index (χ0) is 16.8. The molecule has 0 fully saturated rings. The molecule has 0 unspecified atom stereocenters. The summed E-state index contributed by atoms with van der Waals surface area (Å²) in [5, 5.41) is 2.76. The standard InChI is InChI=1S/C17H17F2NO3/c1-11-3-6-13(7-4-11)16(21)20-10-12-5-8-14(23-17(18)19)15(9-12)22-2/h3-9,17H,10H2,1-2H3,(H,20,21). The summed E-state index contributed by atoms with van der Waals surface area (Å²) in [4.78, 5) is 12.0. The number of hydrogen-bond acceptors (Lipinski definition) is 3. The third-order valence-corrected chi connectivity index (χ3v) is 3.21. The van der Waals surface area contributed by atoms with Crippen molar-refractivity contribution in [1.29, 1.82) is 0 Å². The Morgan fingerprint density at radius 3 is 2.43 bits per heavy atom. The Morgan fingerprint density at radius 1 is 1.13 bits per heavy atom. The average molecular weight is 321 g/mol. The second-order valence-corrected chi connectivity index (χ2v) is 4.91. The van der Waals surface area contributed by atoms with Crippen LogP contribution >= 0.6 is 0 Å². The van der Waals surface area contributed by atoms with Gasteiger partial charge in [0.05, 0.1) is 7.11 Å². The van der Waals surface area contributed by atoms with E-state index in [4.69, 9.17) is 4.74 Å². The lowest BCUT2D eigenvalue weighted by Crippen LogP contribution is -2.22. The molecule has 0 aliphatic heterocycles. The van der Waals surface area contributed by atoms with Gasteiger partial charge in [0.25, 0.3) is 5.91 Å². The van der Waals surface area contributed by atoms with Gasteiger partial charge in [-0.1, -0.05) is 23.8 Å². The molecule has 2 aromatic rings. The molecular weight excluding hydrogens is 304 g/mol. The fourth-order valence-corrected chi connectivity index (χ4v) is 2.00. The van der Waals surface area contributed by atoms with Crippen molar-refractivity contribution in [3.05, 3.63) is 59.2 Å². The first-order chi connectivity index (χ1) is 11.0. The van der Waals surface area contributed by atoms with Crippen LogP contribution in [-0.4, -0.2) is 19.6 Å². The molecule has 2 aromatic carbocycles. The molecule has 122 valence electrons. The minimum absolute atomic E-state index is 0.0453. The number of alkyl halides is 2. The molecule has 4 nitrogen and oxygen atoms in total. The minimum atomic E-state index is -2.92. The highest BCUT2D eigenvalue weighted by atomic mass is 19.3. The Bertz CT molecular complexity index is 672. The van der Waals surface area contributed by atoms with Crippen molar-refractivity contribution in [1.82, 2.24) is 5.32 Å². The third-order valence-electron chi connectivity index (χ3n) is 3.21. The summed E-state index contributed by atoms with van der Waals surface area (Å²) in [6.07, 6.45) is 0. The lowest BCUT2D eigenvalue weighted by atomic mass is 10.1. The molecule has 0 aromatic heterocycles. The molecular formula is C17H17F2NO3. The van der Waals surface area contributed by atoms with Gasteiger partial charge in [0, 0.05) is 12.1 Å². The van der Waals surface area contributed by atoms with Crippen LogP contribution in [0.5, 0.6) is 11.5 Å². The average Bonchev–Trinajstić information content (AvgIpc) is 2.53. The van der Waals surface area contributed by atoms with E-state index in [0.29, 0.717) is 11.1 Å². The number of amides is 1. The molecule has 2 rings (SSSR count). The molecule has 23 heavy (non-hydrogen) atoms. The Kier molecular flexibility index (Phi) is 5.51. The summed E-state index contributed by atoms with van der Waals surface area (Å²) < 4.78 is 33.9. The van der Waals surface area contributed by atoms with E-state index < -0.39 is 6.61 Å². The molecule has 0 bridgehead atoms. The molecule has 0 heterocycles. The smallest absolute Gasteiger partial charge is 0.387 e. The van der Waals surface area contributed by atoms with E-state index in [1.165, 1.54) is 13.2 Å². The van der Waals surface area contributed by atoms with Gasteiger partial charge in [0.2, 0.25) is 0 Å². The van der Waals surface area contributed by atoms with Crippen molar-refractivity contribution in [3.8, 4) is 11.5 Å². The Hall–Kier alpha value is -2.63. The molecule has 0 aliphatic rings. The van der Waals surface area contributed by atoms with E-state index in [0.717, 1.165) is 5.56 Å². The molecule has 1 amide bonds. The van der Waals surface area contributed by atoms with E-state index in [2.05, 4.69) is 10.1 Å². The van der Waals surface area contributed by atoms with Crippen LogP contribution < -0.4 is 14.8 Å². The summed E-state index contributed by atoms with van der Waals surface area (Å²) in [5.41, 5.74) is 2.34. The Morgan fingerprint density at radius 2 is 1.83 bits per heavy atom. The number of benzene rings is 2. The number of rotatable bonds is 6. The van der Waals surface area contributed by atoms with E-state index in [1.54, 1.807) is 24.3 Å². The van der Waals surface area contributed by atoms with Crippen molar-refractivity contribution >= 4 is 5.91 Å².